The lowest BCUT2D eigenvalue weighted by Crippen LogP contribution is -1.91. The lowest BCUT2D eigenvalue weighted by Gasteiger charge is -2.01. The van der Waals surface area contributed by atoms with Crippen LogP contribution in [-0.2, 0) is 0 Å². The van der Waals surface area contributed by atoms with Crippen LogP contribution in [0.1, 0.15) is 5.56 Å². The van der Waals surface area contributed by atoms with E-state index >= 15 is 0 Å². The van der Waals surface area contributed by atoms with Gasteiger partial charge < -0.3 is 10.8 Å². The van der Waals surface area contributed by atoms with Crippen molar-refractivity contribution in [1.29, 1.82) is 5.26 Å². The molecule has 0 aliphatic rings. The third-order valence-electron chi connectivity index (χ3n) is 1.28. The minimum atomic E-state index is -0.0896. The van der Waals surface area contributed by atoms with Crippen molar-refractivity contribution in [2.24, 2.45) is 0 Å². The molecule has 0 aromatic heterocycles. The second-order valence-corrected chi connectivity index (χ2v) is 2.82. The summed E-state index contributed by atoms with van der Waals surface area (Å²) in [6.45, 7) is 0. The van der Waals surface area contributed by atoms with E-state index in [2.05, 4.69) is 15.9 Å². The largest absolute Gasteiger partial charge is 0.506 e. The molecule has 56 valence electrons. The number of nitrogens with two attached hydrogens (primary N) is 1. The van der Waals surface area contributed by atoms with Crippen molar-refractivity contribution in [2.45, 2.75) is 0 Å². The molecular formula is C7H5BrN2O. The number of phenols is 1. The number of hydrogen-bond acceptors (Lipinski definition) is 3. The van der Waals surface area contributed by atoms with Crippen LogP contribution in [0.3, 0.4) is 0 Å². The van der Waals surface area contributed by atoms with Gasteiger partial charge in [-0.3, -0.25) is 0 Å². The highest BCUT2D eigenvalue weighted by atomic mass is 79.9. The number of aromatic hydroxyl groups is 1. The van der Waals surface area contributed by atoms with Crippen molar-refractivity contribution in [2.75, 3.05) is 5.73 Å². The second kappa shape index (κ2) is 2.81. The van der Waals surface area contributed by atoms with Gasteiger partial charge in [0.25, 0.3) is 0 Å². The summed E-state index contributed by atoms with van der Waals surface area (Å²) in [7, 11) is 0. The van der Waals surface area contributed by atoms with Crippen molar-refractivity contribution in [1.82, 2.24) is 0 Å². The van der Waals surface area contributed by atoms with Gasteiger partial charge >= 0.3 is 0 Å². The summed E-state index contributed by atoms with van der Waals surface area (Å²) >= 11 is 3.13. The lowest BCUT2D eigenvalue weighted by atomic mass is 10.2. The Kier molecular flexibility index (Phi) is 2.01. The van der Waals surface area contributed by atoms with Crippen LogP contribution in [0, 0.1) is 11.3 Å². The van der Waals surface area contributed by atoms with E-state index in [4.69, 9.17) is 16.1 Å². The van der Waals surface area contributed by atoms with E-state index < -0.39 is 0 Å². The molecule has 0 aliphatic heterocycles. The van der Waals surface area contributed by atoms with Crippen LogP contribution in [0.15, 0.2) is 16.6 Å². The first-order chi connectivity index (χ1) is 5.16. The molecule has 0 fully saturated rings. The molecule has 4 heteroatoms. The molecule has 0 atom stereocenters. The zero-order valence-corrected chi connectivity index (χ0v) is 7.09. The molecule has 0 amide bonds. The minimum absolute atomic E-state index is 0.0896. The first-order valence-corrected chi connectivity index (χ1v) is 3.63. The Hall–Kier alpha value is -1.21. The molecule has 0 aliphatic carbocycles. The van der Waals surface area contributed by atoms with Gasteiger partial charge in [-0.2, -0.15) is 5.26 Å². The number of halogens is 1. The quantitative estimate of drug-likeness (QED) is 0.643. The molecule has 0 radical (unpaired) electrons. The van der Waals surface area contributed by atoms with Crippen molar-refractivity contribution in [3.8, 4) is 11.8 Å². The van der Waals surface area contributed by atoms with Gasteiger partial charge in [0.2, 0.25) is 0 Å². The molecule has 0 unspecified atom stereocenters. The van der Waals surface area contributed by atoms with Crippen molar-refractivity contribution in [3.63, 3.8) is 0 Å². The van der Waals surface area contributed by atoms with Gasteiger partial charge in [-0.15, -0.1) is 0 Å². The van der Waals surface area contributed by atoms with Crippen LogP contribution in [0.5, 0.6) is 5.75 Å². The topological polar surface area (TPSA) is 70.0 Å². The van der Waals surface area contributed by atoms with E-state index in [9.17, 15) is 0 Å². The summed E-state index contributed by atoms with van der Waals surface area (Å²) in [6.07, 6.45) is 0. The molecule has 3 nitrogen and oxygen atoms in total. The highest BCUT2D eigenvalue weighted by Gasteiger charge is 2.06. The Balaban J connectivity index is 3.44. The highest BCUT2D eigenvalue weighted by molar-refractivity contribution is 9.10. The van der Waals surface area contributed by atoms with Crippen LogP contribution < -0.4 is 5.73 Å². The van der Waals surface area contributed by atoms with E-state index in [0.717, 1.165) is 0 Å². The van der Waals surface area contributed by atoms with E-state index in [-0.39, 0.29) is 17.0 Å². The average Bonchev–Trinajstić information content (AvgIpc) is 1.99. The Morgan fingerprint density at radius 2 is 2.18 bits per heavy atom. The summed E-state index contributed by atoms with van der Waals surface area (Å²) in [4.78, 5) is 0. The number of benzene rings is 1. The first kappa shape index (κ1) is 7.89. The van der Waals surface area contributed by atoms with Crippen LogP contribution in [0.25, 0.3) is 0 Å². The van der Waals surface area contributed by atoms with E-state index in [1.807, 2.05) is 0 Å². The fourth-order valence-corrected chi connectivity index (χ4v) is 1.03. The Bertz CT molecular complexity index is 330. The highest BCUT2D eigenvalue weighted by Crippen LogP contribution is 2.29. The van der Waals surface area contributed by atoms with Gasteiger partial charge in [-0.25, -0.2) is 0 Å². The fraction of sp³-hybridized carbons (Fsp3) is 0. The van der Waals surface area contributed by atoms with Crippen molar-refractivity contribution < 1.29 is 5.11 Å². The van der Waals surface area contributed by atoms with Crippen molar-refractivity contribution >= 4 is 21.6 Å². The Morgan fingerprint density at radius 3 is 2.64 bits per heavy atom. The molecule has 0 spiro atoms. The summed E-state index contributed by atoms with van der Waals surface area (Å²) < 4.78 is 0.617. The van der Waals surface area contributed by atoms with Gasteiger partial charge in [0, 0.05) is 4.47 Å². The Labute approximate surface area is 72.2 Å². The van der Waals surface area contributed by atoms with Crippen LogP contribution >= 0.6 is 15.9 Å². The normalized spacial score (nSPS) is 9.09. The monoisotopic (exact) mass is 212 g/mol. The zero-order chi connectivity index (χ0) is 8.43. The number of nitrogen functional groups attached to an aromatic ring is 1. The molecule has 11 heavy (non-hydrogen) atoms. The summed E-state index contributed by atoms with van der Waals surface area (Å²) in [5, 5.41) is 17.6. The zero-order valence-electron chi connectivity index (χ0n) is 5.50. The van der Waals surface area contributed by atoms with Crippen LogP contribution in [0.2, 0.25) is 0 Å². The van der Waals surface area contributed by atoms with E-state index in [1.165, 1.54) is 6.07 Å². The van der Waals surface area contributed by atoms with Crippen LogP contribution in [0.4, 0.5) is 5.69 Å². The maximum absolute atomic E-state index is 9.09. The number of hydrogen-bond donors (Lipinski definition) is 2. The summed E-state index contributed by atoms with van der Waals surface area (Å²) in [6, 6.07) is 4.80. The van der Waals surface area contributed by atoms with E-state index in [1.54, 1.807) is 12.1 Å². The van der Waals surface area contributed by atoms with E-state index in [0.29, 0.717) is 4.47 Å². The summed E-state index contributed by atoms with van der Waals surface area (Å²) in [5.41, 5.74) is 5.85. The molecule has 1 aromatic carbocycles. The third-order valence-corrected chi connectivity index (χ3v) is 1.97. The maximum Gasteiger partial charge on any atom is 0.135 e. The molecule has 0 saturated carbocycles. The fourth-order valence-electron chi connectivity index (χ4n) is 0.700. The number of nitriles is 1. The molecule has 1 aromatic rings. The van der Waals surface area contributed by atoms with Gasteiger partial charge in [-0.1, -0.05) is 0 Å². The molecule has 0 saturated heterocycles. The number of nitrogens with zero attached hydrogens (tertiary/aromatic N) is 1. The number of phenolic OH excluding ortho intramolecular Hbond substituents is 1. The SMILES string of the molecule is N#Cc1c(O)ccc(Br)c1N. The molecule has 0 bridgehead atoms. The van der Waals surface area contributed by atoms with Gasteiger partial charge in [0.1, 0.15) is 17.4 Å². The second-order valence-electron chi connectivity index (χ2n) is 1.97. The summed E-state index contributed by atoms with van der Waals surface area (Å²) in [5.74, 6) is -0.0896. The van der Waals surface area contributed by atoms with Crippen LogP contribution in [-0.4, -0.2) is 5.11 Å². The predicted octanol–water partition coefficient (Wildman–Crippen LogP) is 1.61. The Morgan fingerprint density at radius 1 is 1.55 bits per heavy atom. The average molecular weight is 213 g/mol. The minimum Gasteiger partial charge on any atom is -0.506 e. The maximum atomic E-state index is 9.09. The molecular weight excluding hydrogens is 208 g/mol. The number of rotatable bonds is 0. The van der Waals surface area contributed by atoms with Gasteiger partial charge in [0.15, 0.2) is 0 Å². The molecule has 1 rings (SSSR count). The van der Waals surface area contributed by atoms with Crippen molar-refractivity contribution in [3.05, 3.63) is 22.2 Å². The smallest absolute Gasteiger partial charge is 0.135 e. The number of anilines is 1. The van der Waals surface area contributed by atoms with Gasteiger partial charge in [-0.05, 0) is 28.1 Å². The van der Waals surface area contributed by atoms with Gasteiger partial charge in [0.05, 0.1) is 5.69 Å². The molecule has 3 N–H and O–H groups in total. The lowest BCUT2D eigenvalue weighted by molar-refractivity contribution is 0.474. The predicted molar refractivity (Wildman–Crippen MR) is 44.9 cm³/mol. The standard InChI is InChI=1S/C7H5BrN2O/c8-5-1-2-6(11)4(3-9)7(5)10/h1-2,11H,10H2. The molecule has 0 heterocycles. The third kappa shape index (κ3) is 1.28. The first-order valence-electron chi connectivity index (χ1n) is 2.84.